The smallest absolute Gasteiger partial charge is 0.358 e. The summed E-state index contributed by atoms with van der Waals surface area (Å²) in [6.45, 7) is 25.0. The predicted octanol–water partition coefficient (Wildman–Crippen LogP) is 11.8. The summed E-state index contributed by atoms with van der Waals surface area (Å²) in [5, 5.41) is 0. The van der Waals surface area contributed by atoms with Crippen LogP contribution in [-0.4, -0.2) is 23.3 Å². The van der Waals surface area contributed by atoms with Crippen molar-refractivity contribution in [3.63, 3.8) is 0 Å². The first-order valence-electron chi connectivity index (χ1n) is 14.9. The second kappa shape index (κ2) is 15.1. The number of rotatable bonds is 7. The molecule has 4 aliphatic rings. The standard InChI is InChI=1S/C29H58Si3.4CH3.Zr/c1-10-11-13-22-16-17-24(19-22)31(6,7)32(8,9)28-21(2)18-26-27(28)20-23-14-12-15-25(23)29(26)30(3,4)5;;;;;/h21-29H,10-20H2,1-9H3;4*1H3;/q;4*-1;+4. The molecule has 0 aromatic carbocycles. The Balaban J connectivity index is 0. The molecule has 0 aromatic heterocycles. The summed E-state index contributed by atoms with van der Waals surface area (Å²) in [5.74, 6) is 6.56. The van der Waals surface area contributed by atoms with Gasteiger partial charge in [-0.3, -0.25) is 0 Å². The molecule has 0 nitrogen and oxygen atoms in total. The second-order valence-electron chi connectivity index (χ2n) is 15.5. The van der Waals surface area contributed by atoms with E-state index in [4.69, 9.17) is 0 Å². The van der Waals surface area contributed by atoms with Gasteiger partial charge in [-0.2, -0.15) is 0 Å². The molecule has 4 fully saturated rings. The van der Waals surface area contributed by atoms with E-state index in [1.165, 1.54) is 19.3 Å². The third kappa shape index (κ3) is 7.49. The van der Waals surface area contributed by atoms with Crippen LogP contribution >= 0.6 is 0 Å². The molecule has 0 N–H and O–H groups in total. The predicted molar refractivity (Wildman–Crippen MR) is 178 cm³/mol. The topological polar surface area (TPSA) is 0 Å². The molecule has 0 bridgehead atoms. The van der Waals surface area contributed by atoms with Crippen LogP contribution in [0.25, 0.3) is 0 Å². The van der Waals surface area contributed by atoms with Crippen molar-refractivity contribution in [2.45, 2.75) is 147 Å². The zero-order valence-electron chi connectivity index (χ0n) is 28.0. The van der Waals surface area contributed by atoms with Crippen molar-refractivity contribution < 1.29 is 26.2 Å². The third-order valence-corrected chi connectivity index (χ3v) is 36.1. The van der Waals surface area contributed by atoms with Crippen LogP contribution in [0.1, 0.15) is 84.5 Å². The van der Waals surface area contributed by atoms with Crippen LogP contribution in [0.15, 0.2) is 0 Å². The molecule has 0 aliphatic heterocycles. The second-order valence-corrected chi connectivity index (χ2v) is 37.0. The summed E-state index contributed by atoms with van der Waals surface area (Å²) in [4.78, 5) is 0. The van der Waals surface area contributed by atoms with Gasteiger partial charge in [0, 0.05) is 23.3 Å². The van der Waals surface area contributed by atoms with Gasteiger partial charge in [-0.05, 0) is 65.0 Å². The number of unbranched alkanes of at least 4 members (excludes halogenated alkanes) is 1. The largest absolute Gasteiger partial charge is 4.00 e. The summed E-state index contributed by atoms with van der Waals surface area (Å²) in [6, 6.07) is 0. The first-order chi connectivity index (χ1) is 14.9. The SMILES string of the molecule is CCCCC1CCC([Si](C)(C)[Si](C)(C)C2C(C)CC3C2CC2CCCC2C3[Si](C)(C)C)C1.[CH3-].[CH3-].[CH3-].[CH3-].[Zr+4]. The molecule has 4 heteroatoms. The van der Waals surface area contributed by atoms with E-state index in [0.29, 0.717) is 0 Å². The van der Waals surface area contributed by atoms with E-state index >= 15 is 0 Å². The molecule has 4 aliphatic carbocycles. The van der Waals surface area contributed by atoms with Gasteiger partial charge in [-0.1, -0.05) is 117 Å². The van der Waals surface area contributed by atoms with Gasteiger partial charge in [0.05, 0.1) is 0 Å². The van der Waals surface area contributed by atoms with Crippen molar-refractivity contribution in [2.75, 3.05) is 0 Å². The van der Waals surface area contributed by atoms with Crippen molar-refractivity contribution in [2.24, 2.45) is 35.5 Å². The fraction of sp³-hybridized carbons (Fsp3) is 0.879. The third-order valence-electron chi connectivity index (χ3n) is 12.5. The van der Waals surface area contributed by atoms with Crippen molar-refractivity contribution in [3.05, 3.63) is 29.7 Å². The zero-order chi connectivity index (χ0) is 23.5. The Morgan fingerprint density at radius 2 is 1.24 bits per heavy atom. The molecule has 218 valence electrons. The molecule has 0 saturated heterocycles. The van der Waals surface area contributed by atoms with Crippen molar-refractivity contribution >= 4 is 23.3 Å². The summed E-state index contributed by atoms with van der Waals surface area (Å²) in [5.41, 5.74) is 3.43. The number of hydrogen-bond acceptors (Lipinski definition) is 0. The molecule has 9 unspecified atom stereocenters. The quantitative estimate of drug-likeness (QED) is 0.192. The summed E-state index contributed by atoms with van der Waals surface area (Å²) in [6.07, 6.45) is 17.2. The Kier molecular flexibility index (Phi) is 16.6. The molecule has 4 rings (SSSR count). The van der Waals surface area contributed by atoms with Crippen LogP contribution in [0, 0.1) is 65.2 Å². The minimum Gasteiger partial charge on any atom is -0.358 e. The molecular formula is C33H70Si3Zr. The van der Waals surface area contributed by atoms with Gasteiger partial charge >= 0.3 is 26.2 Å². The van der Waals surface area contributed by atoms with Gasteiger partial charge in [0.2, 0.25) is 0 Å². The van der Waals surface area contributed by atoms with Gasteiger partial charge in [0.25, 0.3) is 0 Å². The van der Waals surface area contributed by atoms with Gasteiger partial charge < -0.3 is 29.7 Å². The van der Waals surface area contributed by atoms with Crippen molar-refractivity contribution in [1.82, 2.24) is 0 Å². The minimum atomic E-state index is -1.27. The van der Waals surface area contributed by atoms with Gasteiger partial charge in [-0.25, -0.2) is 0 Å². The Morgan fingerprint density at radius 1 is 0.649 bits per heavy atom. The molecule has 0 heterocycles. The zero-order valence-corrected chi connectivity index (χ0v) is 33.4. The van der Waals surface area contributed by atoms with E-state index < -0.39 is 23.3 Å². The molecule has 0 aromatic rings. The van der Waals surface area contributed by atoms with E-state index in [2.05, 4.69) is 59.7 Å². The van der Waals surface area contributed by atoms with Crippen LogP contribution in [0.2, 0.25) is 62.5 Å². The molecule has 9 atom stereocenters. The summed E-state index contributed by atoms with van der Waals surface area (Å²) >= 11 is 0. The Hall–Kier alpha value is 1.53. The average molecular weight is 642 g/mol. The monoisotopic (exact) mass is 640 g/mol. The van der Waals surface area contributed by atoms with E-state index in [1.54, 1.807) is 51.4 Å². The van der Waals surface area contributed by atoms with Crippen LogP contribution in [-0.2, 0) is 26.2 Å². The average Bonchev–Trinajstić information content (AvgIpc) is 3.40. The Morgan fingerprint density at radius 3 is 1.81 bits per heavy atom. The maximum atomic E-state index is 2.94. The molecule has 0 amide bonds. The number of hydrogen-bond donors (Lipinski definition) is 0. The molecule has 0 spiro atoms. The maximum absolute atomic E-state index is 2.94. The summed E-state index contributed by atoms with van der Waals surface area (Å²) < 4.78 is 0. The Labute approximate surface area is 260 Å². The molecule has 37 heavy (non-hydrogen) atoms. The number of fused-ring (bicyclic) bond motifs is 2. The van der Waals surface area contributed by atoms with Gasteiger partial charge in [0.15, 0.2) is 0 Å². The van der Waals surface area contributed by atoms with Crippen LogP contribution in [0.4, 0.5) is 0 Å². The molecule has 4 saturated carbocycles. The first-order valence-corrected chi connectivity index (χ1v) is 25.6. The van der Waals surface area contributed by atoms with E-state index in [-0.39, 0.29) is 55.9 Å². The first kappa shape index (κ1) is 40.7. The van der Waals surface area contributed by atoms with Crippen LogP contribution in [0.5, 0.6) is 0 Å². The van der Waals surface area contributed by atoms with Gasteiger partial charge in [-0.15, -0.1) is 0 Å². The molecule has 0 radical (unpaired) electrons. The fourth-order valence-electron chi connectivity index (χ4n) is 10.6. The maximum Gasteiger partial charge on any atom is 4.00 e. The van der Waals surface area contributed by atoms with Crippen LogP contribution in [0.3, 0.4) is 0 Å². The van der Waals surface area contributed by atoms with Gasteiger partial charge in [0.1, 0.15) is 0 Å². The Bertz CT molecular complexity index is 654. The normalized spacial score (nSPS) is 37.1. The minimum absolute atomic E-state index is 0. The molecular weight excluding hydrogens is 572 g/mol. The van der Waals surface area contributed by atoms with Crippen molar-refractivity contribution in [3.8, 4) is 0 Å². The summed E-state index contributed by atoms with van der Waals surface area (Å²) in [7, 11) is -3.60. The van der Waals surface area contributed by atoms with E-state index in [9.17, 15) is 0 Å². The van der Waals surface area contributed by atoms with E-state index in [0.717, 1.165) is 52.1 Å². The van der Waals surface area contributed by atoms with Crippen LogP contribution < -0.4 is 0 Å². The van der Waals surface area contributed by atoms with Crippen molar-refractivity contribution in [1.29, 1.82) is 0 Å². The van der Waals surface area contributed by atoms with E-state index in [1.807, 2.05) is 0 Å². The fourth-order valence-corrected chi connectivity index (χ4v) is 28.8.